The first kappa shape index (κ1) is 9.58. The van der Waals surface area contributed by atoms with Crippen LogP contribution in [0.1, 0.15) is 5.56 Å². The zero-order chi connectivity index (χ0) is 10.7. The normalized spacial score (nSPS) is 10.2. The molecule has 2 aromatic rings. The highest BCUT2D eigenvalue weighted by Crippen LogP contribution is 2.16. The van der Waals surface area contributed by atoms with E-state index in [9.17, 15) is 4.39 Å². The molecule has 1 aromatic carbocycles. The molecule has 0 fully saturated rings. The molecule has 0 unspecified atom stereocenters. The Balaban J connectivity index is 2.02. The summed E-state index contributed by atoms with van der Waals surface area (Å²) in [5, 5.41) is 3.10. The molecule has 0 atom stereocenters. The lowest BCUT2D eigenvalue weighted by Crippen LogP contribution is -1.99. The molecule has 0 aliphatic carbocycles. The van der Waals surface area contributed by atoms with E-state index in [2.05, 4.69) is 10.3 Å². The van der Waals surface area contributed by atoms with Crippen molar-refractivity contribution < 1.29 is 4.39 Å². The smallest absolute Gasteiger partial charge is 0.148 e. The Hall–Kier alpha value is -1.97. The van der Waals surface area contributed by atoms with Crippen molar-refractivity contribution in [2.75, 3.05) is 11.1 Å². The Labute approximate surface area is 87.1 Å². The molecule has 0 bridgehead atoms. The van der Waals surface area contributed by atoms with Crippen molar-refractivity contribution in [3.63, 3.8) is 0 Å². The fourth-order valence-electron chi connectivity index (χ4n) is 1.31. The summed E-state index contributed by atoms with van der Waals surface area (Å²) in [6.45, 7) is 0.660. The molecule has 1 heterocycles. The molecule has 0 spiro atoms. The molecule has 0 aliphatic heterocycles. The monoisotopic (exact) mass is 205 g/mol. The van der Waals surface area contributed by atoms with Crippen LogP contribution in [0.2, 0.25) is 0 Å². The van der Waals surface area contributed by atoms with E-state index in [1.165, 1.54) is 6.07 Å². The average molecular weight is 205 g/mol. The summed E-state index contributed by atoms with van der Waals surface area (Å²) >= 11 is 0. The van der Waals surface area contributed by atoms with Crippen LogP contribution in [0.25, 0.3) is 0 Å². The van der Waals surface area contributed by atoms with Gasteiger partial charge in [-0.1, -0.05) is 0 Å². The number of nitrogens with two attached hydrogens (primary N) is 1. The van der Waals surface area contributed by atoms with Gasteiger partial charge in [0.25, 0.3) is 0 Å². The summed E-state index contributed by atoms with van der Waals surface area (Å²) in [6.07, 6.45) is 3.74. The fourth-order valence-corrected chi connectivity index (χ4v) is 1.31. The minimum Gasteiger partial charge on any atom is -0.396 e. The lowest BCUT2D eigenvalue weighted by molar-refractivity contribution is 0.633. The minimum atomic E-state index is -0.394. The third-order valence-corrected chi connectivity index (χ3v) is 2.16. The van der Waals surface area contributed by atoms with Gasteiger partial charge in [0.1, 0.15) is 5.82 Å². The number of rotatable bonds is 3. The van der Waals surface area contributed by atoms with E-state index in [4.69, 9.17) is 5.73 Å². The number of hydrogen-bond acceptors (Lipinski definition) is 2. The van der Waals surface area contributed by atoms with Crippen LogP contribution in [0.5, 0.6) is 0 Å². The minimum absolute atomic E-state index is 0.169. The van der Waals surface area contributed by atoms with Gasteiger partial charge in [0.2, 0.25) is 0 Å². The van der Waals surface area contributed by atoms with Crippen molar-refractivity contribution in [2.24, 2.45) is 0 Å². The number of hydrogen-bond donors (Lipinski definition) is 3. The maximum Gasteiger partial charge on any atom is 0.148 e. The summed E-state index contributed by atoms with van der Waals surface area (Å²) in [7, 11) is 0. The maximum atomic E-state index is 13.1. The zero-order valence-corrected chi connectivity index (χ0v) is 8.13. The van der Waals surface area contributed by atoms with Crippen molar-refractivity contribution in [1.29, 1.82) is 0 Å². The third-order valence-electron chi connectivity index (χ3n) is 2.16. The van der Waals surface area contributed by atoms with Crippen LogP contribution in [0.3, 0.4) is 0 Å². The van der Waals surface area contributed by atoms with Crippen LogP contribution in [-0.2, 0) is 6.54 Å². The average Bonchev–Trinajstić information content (AvgIpc) is 2.73. The zero-order valence-electron chi connectivity index (χ0n) is 8.13. The largest absolute Gasteiger partial charge is 0.396 e. The Morgan fingerprint density at radius 3 is 2.87 bits per heavy atom. The van der Waals surface area contributed by atoms with Crippen LogP contribution in [0.4, 0.5) is 15.8 Å². The van der Waals surface area contributed by atoms with Crippen LogP contribution in [-0.4, -0.2) is 4.98 Å². The van der Waals surface area contributed by atoms with E-state index in [0.29, 0.717) is 6.54 Å². The first-order valence-electron chi connectivity index (χ1n) is 4.66. The van der Waals surface area contributed by atoms with Gasteiger partial charge in [-0.25, -0.2) is 4.39 Å². The topological polar surface area (TPSA) is 53.8 Å². The van der Waals surface area contributed by atoms with Crippen molar-refractivity contribution in [1.82, 2.24) is 4.98 Å². The lowest BCUT2D eigenvalue weighted by atomic mass is 10.2. The quantitative estimate of drug-likeness (QED) is 0.674. The summed E-state index contributed by atoms with van der Waals surface area (Å²) in [4.78, 5) is 2.95. The molecule has 2 rings (SSSR count). The van der Waals surface area contributed by atoms with Gasteiger partial charge in [0.05, 0.1) is 5.69 Å². The molecule has 15 heavy (non-hydrogen) atoms. The predicted molar refractivity (Wildman–Crippen MR) is 58.9 cm³/mol. The van der Waals surface area contributed by atoms with Gasteiger partial charge in [-0.05, 0) is 29.8 Å². The van der Waals surface area contributed by atoms with E-state index in [1.807, 2.05) is 18.5 Å². The van der Waals surface area contributed by atoms with E-state index < -0.39 is 5.82 Å². The number of nitrogen functional groups attached to an aromatic ring is 1. The highest BCUT2D eigenvalue weighted by atomic mass is 19.1. The summed E-state index contributed by atoms with van der Waals surface area (Å²) in [5.41, 5.74) is 7.38. The van der Waals surface area contributed by atoms with Crippen molar-refractivity contribution in [3.05, 3.63) is 48.0 Å². The second-order valence-electron chi connectivity index (χ2n) is 3.31. The SMILES string of the molecule is Nc1ccc(NCc2cc[nH]c2)cc1F. The Bertz CT molecular complexity index is 437. The lowest BCUT2D eigenvalue weighted by Gasteiger charge is -2.05. The molecule has 3 nitrogen and oxygen atoms in total. The highest BCUT2D eigenvalue weighted by Gasteiger charge is 1.99. The summed E-state index contributed by atoms with van der Waals surface area (Å²) in [5.74, 6) is -0.394. The van der Waals surface area contributed by atoms with Gasteiger partial charge >= 0.3 is 0 Å². The number of aromatic amines is 1. The summed E-state index contributed by atoms with van der Waals surface area (Å²) in [6, 6.07) is 6.66. The van der Waals surface area contributed by atoms with E-state index in [1.54, 1.807) is 12.1 Å². The second-order valence-corrected chi connectivity index (χ2v) is 3.31. The molecule has 4 N–H and O–H groups in total. The number of halogens is 1. The standard InChI is InChI=1S/C11H12FN3/c12-10-5-9(1-2-11(10)13)15-7-8-3-4-14-6-8/h1-6,14-15H,7,13H2. The number of benzene rings is 1. The third kappa shape index (κ3) is 2.28. The van der Waals surface area contributed by atoms with Gasteiger partial charge in [0, 0.05) is 24.6 Å². The number of H-pyrrole nitrogens is 1. The van der Waals surface area contributed by atoms with Crippen LogP contribution < -0.4 is 11.1 Å². The maximum absolute atomic E-state index is 13.1. The van der Waals surface area contributed by atoms with Gasteiger partial charge in [-0.2, -0.15) is 0 Å². The van der Waals surface area contributed by atoms with Crippen molar-refractivity contribution in [3.8, 4) is 0 Å². The molecule has 4 heteroatoms. The highest BCUT2D eigenvalue weighted by molar-refractivity contribution is 5.52. The number of anilines is 2. The number of nitrogens with one attached hydrogen (secondary N) is 2. The van der Waals surface area contributed by atoms with Crippen molar-refractivity contribution >= 4 is 11.4 Å². The van der Waals surface area contributed by atoms with Crippen LogP contribution in [0.15, 0.2) is 36.7 Å². The predicted octanol–water partition coefficient (Wildman–Crippen LogP) is 2.35. The molecular formula is C11H12FN3. The van der Waals surface area contributed by atoms with Crippen LogP contribution in [0, 0.1) is 5.82 Å². The molecular weight excluding hydrogens is 193 g/mol. The van der Waals surface area contributed by atoms with Crippen LogP contribution >= 0.6 is 0 Å². The van der Waals surface area contributed by atoms with Gasteiger partial charge < -0.3 is 16.0 Å². The van der Waals surface area contributed by atoms with Gasteiger partial charge in [-0.3, -0.25) is 0 Å². The van der Waals surface area contributed by atoms with E-state index in [0.717, 1.165) is 11.3 Å². The molecule has 78 valence electrons. The molecule has 0 saturated carbocycles. The second kappa shape index (κ2) is 4.04. The van der Waals surface area contributed by atoms with E-state index >= 15 is 0 Å². The van der Waals surface area contributed by atoms with Crippen molar-refractivity contribution in [2.45, 2.75) is 6.54 Å². The summed E-state index contributed by atoms with van der Waals surface area (Å²) < 4.78 is 13.1. The Morgan fingerprint density at radius 2 is 2.20 bits per heavy atom. The number of aromatic nitrogens is 1. The van der Waals surface area contributed by atoms with E-state index in [-0.39, 0.29) is 5.69 Å². The molecule has 0 saturated heterocycles. The van der Waals surface area contributed by atoms with Gasteiger partial charge in [0.15, 0.2) is 0 Å². The molecule has 0 aliphatic rings. The van der Waals surface area contributed by atoms with Gasteiger partial charge in [-0.15, -0.1) is 0 Å². The first-order valence-corrected chi connectivity index (χ1v) is 4.66. The molecule has 1 aromatic heterocycles. The Morgan fingerprint density at radius 1 is 1.33 bits per heavy atom. The molecule has 0 amide bonds. The Kier molecular flexibility index (Phi) is 2.58. The fraction of sp³-hybridized carbons (Fsp3) is 0.0909. The first-order chi connectivity index (χ1) is 7.25. The molecule has 0 radical (unpaired) electrons.